The molecule has 1 rings (SSSR count). The van der Waals surface area contributed by atoms with Crippen LogP contribution in [0.3, 0.4) is 0 Å². The number of amides is 1. The molecule has 16 heavy (non-hydrogen) atoms. The molecule has 0 radical (unpaired) electrons. The number of hydrogen-bond donors (Lipinski definition) is 3. The Bertz CT molecular complexity index is 389. The molecule has 1 amide bonds. The average molecular weight is 220 g/mol. The molecule has 5 nitrogen and oxygen atoms in total. The summed E-state index contributed by atoms with van der Waals surface area (Å²) in [5.41, 5.74) is 11.1. The highest BCUT2D eigenvalue weighted by Gasteiger charge is 2.11. The molecule has 1 aromatic heterocycles. The van der Waals surface area contributed by atoms with Gasteiger partial charge in [0.15, 0.2) is 0 Å². The maximum absolute atomic E-state index is 11.4. The molecule has 0 aliphatic heterocycles. The highest BCUT2D eigenvalue weighted by Crippen LogP contribution is 2.03. The Morgan fingerprint density at radius 2 is 2.19 bits per heavy atom. The van der Waals surface area contributed by atoms with Gasteiger partial charge in [-0.05, 0) is 37.6 Å². The van der Waals surface area contributed by atoms with Gasteiger partial charge in [-0.3, -0.25) is 4.79 Å². The third-order valence-corrected chi connectivity index (χ3v) is 1.68. The number of anilines is 1. The third-order valence-electron chi connectivity index (χ3n) is 1.68. The summed E-state index contributed by atoms with van der Waals surface area (Å²) in [7, 11) is 0. The van der Waals surface area contributed by atoms with E-state index in [-0.39, 0.29) is 5.91 Å². The van der Waals surface area contributed by atoms with Gasteiger partial charge in [-0.2, -0.15) is 0 Å². The minimum absolute atomic E-state index is 0.246. The SMILES string of the molecule is CC(C)(N)NC(=O)/C=C/c1ccc(N)nc1. The van der Waals surface area contributed by atoms with Crippen LogP contribution in [0.25, 0.3) is 6.08 Å². The molecule has 0 saturated heterocycles. The van der Waals surface area contributed by atoms with E-state index < -0.39 is 5.66 Å². The van der Waals surface area contributed by atoms with Gasteiger partial charge in [-0.1, -0.05) is 0 Å². The van der Waals surface area contributed by atoms with Crippen molar-refractivity contribution in [3.8, 4) is 0 Å². The lowest BCUT2D eigenvalue weighted by molar-refractivity contribution is -0.117. The lowest BCUT2D eigenvalue weighted by Gasteiger charge is -2.18. The van der Waals surface area contributed by atoms with Gasteiger partial charge in [0.05, 0.1) is 5.66 Å². The molecule has 86 valence electrons. The minimum atomic E-state index is -0.721. The number of carbonyl (C=O) groups is 1. The number of hydrogen-bond acceptors (Lipinski definition) is 4. The summed E-state index contributed by atoms with van der Waals surface area (Å²) in [6.45, 7) is 3.42. The summed E-state index contributed by atoms with van der Waals surface area (Å²) in [6.07, 6.45) is 4.64. The summed E-state index contributed by atoms with van der Waals surface area (Å²) in [5.74, 6) is 0.203. The zero-order chi connectivity index (χ0) is 12.2. The summed E-state index contributed by atoms with van der Waals surface area (Å²) >= 11 is 0. The van der Waals surface area contributed by atoms with Gasteiger partial charge < -0.3 is 16.8 Å². The second-order valence-electron chi connectivity index (χ2n) is 4.06. The molecule has 1 aromatic rings. The van der Waals surface area contributed by atoms with Crippen molar-refractivity contribution in [3.05, 3.63) is 30.0 Å². The number of aromatic nitrogens is 1. The molecule has 5 heteroatoms. The van der Waals surface area contributed by atoms with Crippen LogP contribution in [0.4, 0.5) is 5.82 Å². The van der Waals surface area contributed by atoms with Crippen LogP contribution in [-0.4, -0.2) is 16.6 Å². The highest BCUT2D eigenvalue weighted by molar-refractivity contribution is 5.92. The Balaban J connectivity index is 2.60. The normalized spacial score (nSPS) is 11.7. The molecule has 5 N–H and O–H groups in total. The predicted octanol–water partition coefficient (Wildman–Crippen LogP) is 0.488. The zero-order valence-electron chi connectivity index (χ0n) is 9.40. The number of nitrogens with one attached hydrogen (secondary N) is 1. The molecule has 0 unspecified atom stereocenters. The molecule has 0 bridgehead atoms. The molecule has 0 aliphatic rings. The fraction of sp³-hybridized carbons (Fsp3) is 0.273. The molecule has 0 aromatic carbocycles. The van der Waals surface area contributed by atoms with Gasteiger partial charge in [0.25, 0.3) is 0 Å². The highest BCUT2D eigenvalue weighted by atomic mass is 16.1. The summed E-state index contributed by atoms with van der Waals surface area (Å²) in [5, 5.41) is 2.61. The van der Waals surface area contributed by atoms with Crippen LogP contribution in [0, 0.1) is 0 Å². The Morgan fingerprint density at radius 1 is 1.50 bits per heavy atom. The van der Waals surface area contributed by atoms with Gasteiger partial charge in [0.1, 0.15) is 5.82 Å². The van der Waals surface area contributed by atoms with Crippen molar-refractivity contribution in [1.29, 1.82) is 0 Å². The Morgan fingerprint density at radius 3 is 2.69 bits per heavy atom. The Hall–Kier alpha value is -1.88. The molecule has 0 fully saturated rings. The second kappa shape index (κ2) is 4.76. The first kappa shape index (κ1) is 12.2. The Kier molecular flexibility index (Phi) is 3.63. The smallest absolute Gasteiger partial charge is 0.245 e. The molecular weight excluding hydrogens is 204 g/mol. The van der Waals surface area contributed by atoms with Crippen LogP contribution in [0.15, 0.2) is 24.4 Å². The van der Waals surface area contributed by atoms with E-state index >= 15 is 0 Å². The molecule has 0 saturated carbocycles. The summed E-state index contributed by atoms with van der Waals surface area (Å²) in [4.78, 5) is 15.3. The van der Waals surface area contributed by atoms with Crippen molar-refractivity contribution in [3.63, 3.8) is 0 Å². The number of nitrogen functional groups attached to an aromatic ring is 1. The van der Waals surface area contributed by atoms with E-state index in [9.17, 15) is 4.79 Å². The number of carbonyl (C=O) groups excluding carboxylic acids is 1. The Labute approximate surface area is 94.5 Å². The van der Waals surface area contributed by atoms with Crippen LogP contribution < -0.4 is 16.8 Å². The van der Waals surface area contributed by atoms with Crippen molar-refractivity contribution in [2.75, 3.05) is 5.73 Å². The van der Waals surface area contributed by atoms with Crippen molar-refractivity contribution in [1.82, 2.24) is 10.3 Å². The predicted molar refractivity (Wildman–Crippen MR) is 64.1 cm³/mol. The number of nitrogens with two attached hydrogens (primary N) is 2. The molecule has 0 atom stereocenters. The quantitative estimate of drug-likeness (QED) is 0.510. The fourth-order valence-corrected chi connectivity index (χ4v) is 1.05. The van der Waals surface area contributed by atoms with Gasteiger partial charge in [0.2, 0.25) is 5.91 Å². The fourth-order valence-electron chi connectivity index (χ4n) is 1.05. The maximum Gasteiger partial charge on any atom is 0.245 e. The van der Waals surface area contributed by atoms with E-state index in [2.05, 4.69) is 10.3 Å². The van der Waals surface area contributed by atoms with E-state index in [0.717, 1.165) is 5.56 Å². The van der Waals surface area contributed by atoms with E-state index in [0.29, 0.717) is 5.82 Å². The third kappa shape index (κ3) is 4.56. The van der Waals surface area contributed by atoms with Gasteiger partial charge in [0, 0.05) is 12.3 Å². The first-order valence-corrected chi connectivity index (χ1v) is 4.87. The first-order valence-electron chi connectivity index (χ1n) is 4.87. The average Bonchev–Trinajstić information content (AvgIpc) is 2.14. The lowest BCUT2D eigenvalue weighted by Crippen LogP contribution is -2.50. The summed E-state index contributed by atoms with van der Waals surface area (Å²) < 4.78 is 0. The van der Waals surface area contributed by atoms with Crippen molar-refractivity contribution >= 4 is 17.8 Å². The van der Waals surface area contributed by atoms with Gasteiger partial charge in [-0.15, -0.1) is 0 Å². The number of nitrogens with zero attached hydrogens (tertiary/aromatic N) is 1. The molecule has 0 aliphatic carbocycles. The molecular formula is C11H16N4O. The van der Waals surface area contributed by atoms with E-state index in [1.54, 1.807) is 38.3 Å². The van der Waals surface area contributed by atoms with E-state index in [1.165, 1.54) is 6.08 Å². The van der Waals surface area contributed by atoms with Crippen molar-refractivity contribution in [2.45, 2.75) is 19.5 Å². The first-order chi connectivity index (χ1) is 7.37. The second-order valence-corrected chi connectivity index (χ2v) is 4.06. The van der Waals surface area contributed by atoms with E-state index in [1.807, 2.05) is 0 Å². The molecule has 1 heterocycles. The van der Waals surface area contributed by atoms with Crippen LogP contribution in [0.1, 0.15) is 19.4 Å². The lowest BCUT2D eigenvalue weighted by atomic mass is 10.2. The zero-order valence-corrected chi connectivity index (χ0v) is 9.40. The van der Waals surface area contributed by atoms with Crippen LogP contribution in [0.2, 0.25) is 0 Å². The van der Waals surface area contributed by atoms with Crippen LogP contribution in [-0.2, 0) is 4.79 Å². The minimum Gasteiger partial charge on any atom is -0.384 e. The standard InChI is InChI=1S/C11H16N4O/c1-11(2,13)15-10(16)6-4-8-3-5-9(12)14-7-8/h3-7H,13H2,1-2H3,(H2,12,14)(H,15,16)/b6-4+. The molecule has 0 spiro atoms. The van der Waals surface area contributed by atoms with Crippen molar-refractivity contribution in [2.24, 2.45) is 5.73 Å². The van der Waals surface area contributed by atoms with Gasteiger partial charge >= 0.3 is 0 Å². The van der Waals surface area contributed by atoms with E-state index in [4.69, 9.17) is 11.5 Å². The van der Waals surface area contributed by atoms with Crippen LogP contribution in [0.5, 0.6) is 0 Å². The van der Waals surface area contributed by atoms with Crippen molar-refractivity contribution < 1.29 is 4.79 Å². The topological polar surface area (TPSA) is 94.0 Å². The largest absolute Gasteiger partial charge is 0.384 e. The monoisotopic (exact) mass is 220 g/mol. The maximum atomic E-state index is 11.4. The van der Waals surface area contributed by atoms with Crippen LogP contribution >= 0.6 is 0 Å². The van der Waals surface area contributed by atoms with Gasteiger partial charge in [-0.25, -0.2) is 4.98 Å². The summed E-state index contributed by atoms with van der Waals surface area (Å²) in [6, 6.07) is 3.45. The number of rotatable bonds is 3. The number of pyridine rings is 1.